The first-order chi connectivity index (χ1) is 22.5. The highest BCUT2D eigenvalue weighted by molar-refractivity contribution is 8.03. The van der Waals surface area contributed by atoms with Crippen molar-refractivity contribution in [3.05, 3.63) is 60.7 Å². The summed E-state index contributed by atoms with van der Waals surface area (Å²) in [5, 5.41) is 27.5. The minimum atomic E-state index is -0.571. The molecule has 0 aliphatic carbocycles. The molecule has 0 amide bonds. The molecule has 1 aliphatic rings. The Morgan fingerprint density at radius 2 is 1.11 bits per heavy atom. The average molecular weight is 819 g/mol. The molecule has 17 heteroatoms. The van der Waals surface area contributed by atoms with Gasteiger partial charge in [-0.15, -0.1) is 23.5 Å². The van der Waals surface area contributed by atoms with E-state index in [9.17, 15) is 20.2 Å². The smallest absolute Gasteiger partial charge is 0.319 e. The lowest BCUT2D eigenvalue weighted by Gasteiger charge is -2.36. The van der Waals surface area contributed by atoms with E-state index < -0.39 is 9.85 Å². The number of hydrogen-bond donors (Lipinski definition) is 1. The van der Waals surface area contributed by atoms with Crippen LogP contribution in [0.3, 0.4) is 0 Å². The van der Waals surface area contributed by atoms with Gasteiger partial charge in [-0.25, -0.2) is 0 Å². The van der Waals surface area contributed by atoms with Crippen molar-refractivity contribution in [2.45, 2.75) is 90.9 Å². The van der Waals surface area contributed by atoms with Gasteiger partial charge in [-0.2, -0.15) is 0 Å². The van der Waals surface area contributed by atoms with E-state index >= 15 is 0 Å². The number of nitrogens with one attached hydrogen (secondary N) is 1. The number of hydrogen-bond acceptors (Lipinski definition) is 9. The number of nitrogens with zero attached hydrogens (tertiary/aromatic N) is 4. The maximum atomic E-state index is 12.1. The predicted molar refractivity (Wildman–Crippen MR) is 205 cm³/mol. The number of rotatable bonds is 25. The summed E-state index contributed by atoms with van der Waals surface area (Å²) in [5.41, 5.74) is -0.634. The molecule has 1 N–H and O–H groups in total. The summed E-state index contributed by atoms with van der Waals surface area (Å²) in [4.78, 5) is 27.1. The molecule has 0 aromatic rings. The highest BCUT2D eigenvalue weighted by Crippen LogP contribution is 2.35. The minimum Gasteiger partial charge on any atom is -0.373 e. The molecule has 0 aromatic heterocycles. The van der Waals surface area contributed by atoms with Crippen LogP contribution in [0.15, 0.2) is 40.5 Å². The molecule has 0 unspecified atom stereocenters. The molecular weight excluding hydrogens is 771 g/mol. The van der Waals surface area contributed by atoms with Gasteiger partial charge in [-0.3, -0.25) is 25.1 Å². The van der Waals surface area contributed by atoms with Crippen LogP contribution in [-0.4, -0.2) is 70.4 Å². The van der Waals surface area contributed by atoms with Gasteiger partial charge in [-0.05, 0) is 24.3 Å². The SMILES string of the molecule is CCCCCCCCS/C(NCCN1CCN(/C(SCCCCCCCC)=C(/C(Cl)=C(Cl)Cl)[N+](=O)[O-])CC1)=C(\C(Cl)=C(Cl)Cl)[N+](=O)[O-]. The van der Waals surface area contributed by atoms with Crippen molar-refractivity contribution in [3.63, 3.8) is 0 Å². The maximum absolute atomic E-state index is 12.1. The predicted octanol–water partition coefficient (Wildman–Crippen LogP) is 11.0. The molecule has 0 radical (unpaired) electrons. The average Bonchev–Trinajstić information content (AvgIpc) is 3.02. The van der Waals surface area contributed by atoms with Crippen molar-refractivity contribution in [2.75, 3.05) is 50.8 Å². The number of thioether (sulfide) groups is 2. The molecule has 9 nitrogen and oxygen atoms in total. The lowest BCUT2D eigenvalue weighted by molar-refractivity contribution is -0.421. The summed E-state index contributed by atoms with van der Waals surface area (Å²) in [6.45, 7) is 7.60. The van der Waals surface area contributed by atoms with Crippen LogP contribution in [0.5, 0.6) is 0 Å². The van der Waals surface area contributed by atoms with Crippen LogP contribution in [0.4, 0.5) is 0 Å². The molecule has 1 heterocycles. The third-order valence-corrected chi connectivity index (χ3v) is 11.6. The fourth-order valence-corrected chi connectivity index (χ4v) is 7.90. The van der Waals surface area contributed by atoms with Gasteiger partial charge in [0.1, 0.15) is 14.0 Å². The van der Waals surface area contributed by atoms with Gasteiger partial charge in [0.15, 0.2) is 15.1 Å². The van der Waals surface area contributed by atoms with Crippen molar-refractivity contribution in [1.82, 2.24) is 15.1 Å². The van der Waals surface area contributed by atoms with E-state index in [1.807, 2.05) is 4.90 Å². The monoisotopic (exact) mass is 815 g/mol. The summed E-state index contributed by atoms with van der Waals surface area (Å²) < 4.78 is -0.717. The van der Waals surface area contributed by atoms with Gasteiger partial charge < -0.3 is 10.2 Å². The molecule has 1 rings (SSSR count). The molecule has 270 valence electrons. The Hall–Kier alpha value is -0.240. The quantitative estimate of drug-likeness (QED) is 0.0417. The molecule has 0 aromatic carbocycles. The van der Waals surface area contributed by atoms with E-state index in [1.165, 1.54) is 62.0 Å². The summed E-state index contributed by atoms with van der Waals surface area (Å²) in [5.74, 6) is 1.39. The second kappa shape index (κ2) is 26.6. The van der Waals surface area contributed by atoms with Gasteiger partial charge in [0.05, 0.1) is 9.85 Å². The minimum absolute atomic E-state index is 0.278. The van der Waals surface area contributed by atoms with Crippen molar-refractivity contribution < 1.29 is 9.85 Å². The number of halogens is 6. The molecule has 0 atom stereocenters. The highest BCUT2D eigenvalue weighted by Gasteiger charge is 2.31. The Morgan fingerprint density at radius 3 is 1.57 bits per heavy atom. The van der Waals surface area contributed by atoms with Gasteiger partial charge in [0.25, 0.3) is 0 Å². The molecule has 47 heavy (non-hydrogen) atoms. The van der Waals surface area contributed by atoms with Crippen LogP contribution < -0.4 is 5.32 Å². The van der Waals surface area contributed by atoms with Crippen LogP contribution in [0.1, 0.15) is 90.9 Å². The summed E-state index contributed by atoms with van der Waals surface area (Å²) in [7, 11) is 0. The Balaban J connectivity index is 2.94. The maximum Gasteiger partial charge on any atom is 0.319 e. The first-order valence-electron chi connectivity index (χ1n) is 16.1. The van der Waals surface area contributed by atoms with Gasteiger partial charge >= 0.3 is 11.4 Å². The number of nitro groups is 2. The fraction of sp³-hybridized carbons (Fsp3) is 0.733. The van der Waals surface area contributed by atoms with Gasteiger partial charge in [-0.1, -0.05) is 148 Å². The van der Waals surface area contributed by atoms with Gasteiger partial charge in [0.2, 0.25) is 0 Å². The molecule has 0 bridgehead atoms. The topological polar surface area (TPSA) is 105 Å². The number of piperazine rings is 1. The molecular formula is C30H47Cl6N5O4S2. The first kappa shape index (κ1) is 44.8. The van der Waals surface area contributed by atoms with Crippen molar-refractivity contribution in [3.8, 4) is 0 Å². The van der Waals surface area contributed by atoms with E-state index in [-0.39, 0.29) is 30.4 Å². The Kier molecular flexibility index (Phi) is 25.3. The van der Waals surface area contributed by atoms with Crippen LogP contribution >= 0.6 is 93.1 Å². The zero-order valence-corrected chi connectivity index (χ0v) is 33.3. The molecule has 0 saturated carbocycles. The van der Waals surface area contributed by atoms with E-state index in [1.54, 1.807) is 0 Å². The van der Waals surface area contributed by atoms with Crippen LogP contribution in [0.2, 0.25) is 0 Å². The van der Waals surface area contributed by atoms with E-state index in [2.05, 4.69) is 24.1 Å². The third-order valence-electron chi connectivity index (χ3n) is 7.38. The normalized spacial score (nSPS) is 14.8. The zero-order valence-electron chi connectivity index (χ0n) is 27.1. The Bertz CT molecular complexity index is 1110. The van der Waals surface area contributed by atoms with Crippen molar-refractivity contribution >= 4 is 93.1 Å². The Morgan fingerprint density at radius 1 is 0.660 bits per heavy atom. The van der Waals surface area contributed by atoms with Crippen LogP contribution in [0, 0.1) is 20.2 Å². The second-order valence-electron chi connectivity index (χ2n) is 11.0. The van der Waals surface area contributed by atoms with E-state index in [4.69, 9.17) is 69.6 Å². The third kappa shape index (κ3) is 18.0. The first-order valence-corrected chi connectivity index (χ1v) is 20.4. The molecule has 1 aliphatic heterocycles. The zero-order chi connectivity index (χ0) is 35.2. The fourth-order valence-electron chi connectivity index (χ4n) is 4.82. The standard InChI is InChI=1S/C30H47Cl6N5O4S2/c1-3-5-7-9-11-13-21-46-29(25(40(42)43)23(31)27(33)34)37-15-16-38-17-19-39(20-18-38)30(26(41(44)45)24(32)28(35)36)47-22-14-12-10-8-6-4-2/h37H,3-22H2,1-2H3/b29-25+,30-26+. The molecule has 1 fully saturated rings. The van der Waals surface area contributed by atoms with Crippen molar-refractivity contribution in [2.24, 2.45) is 0 Å². The number of allylic oxidation sites excluding steroid dienone is 2. The second-order valence-corrected chi connectivity index (χ2v) is 15.8. The lowest BCUT2D eigenvalue weighted by atomic mass is 10.1. The lowest BCUT2D eigenvalue weighted by Crippen LogP contribution is -2.47. The number of unbranched alkanes of at least 4 members (excludes halogenated alkanes) is 10. The Labute approximate surface area is 318 Å². The van der Waals surface area contributed by atoms with Crippen LogP contribution in [0.25, 0.3) is 0 Å². The van der Waals surface area contributed by atoms with Crippen LogP contribution in [-0.2, 0) is 0 Å². The molecule has 0 spiro atoms. The summed E-state index contributed by atoms with van der Waals surface area (Å²) in [6.07, 6.45) is 13.3. The summed E-state index contributed by atoms with van der Waals surface area (Å²) >= 11 is 38.6. The van der Waals surface area contributed by atoms with E-state index in [0.29, 0.717) is 60.8 Å². The van der Waals surface area contributed by atoms with Crippen molar-refractivity contribution in [1.29, 1.82) is 0 Å². The summed E-state index contributed by atoms with van der Waals surface area (Å²) in [6, 6.07) is 0. The largest absolute Gasteiger partial charge is 0.373 e. The van der Waals surface area contributed by atoms with Gasteiger partial charge in [0, 0.05) is 39.3 Å². The van der Waals surface area contributed by atoms with E-state index in [0.717, 1.165) is 38.5 Å². The molecule has 1 saturated heterocycles. The highest BCUT2D eigenvalue weighted by atomic mass is 35.5.